The van der Waals surface area contributed by atoms with Gasteiger partial charge in [0.15, 0.2) is 0 Å². The number of benzene rings is 2. The highest BCUT2D eigenvalue weighted by Gasteiger charge is 2.34. The number of rotatable bonds is 4. The van der Waals surface area contributed by atoms with Crippen molar-refractivity contribution in [2.75, 3.05) is 31.1 Å². The number of piperazine rings is 1. The van der Waals surface area contributed by atoms with E-state index in [1.165, 1.54) is 47.5 Å². The van der Waals surface area contributed by atoms with Crippen molar-refractivity contribution in [1.29, 1.82) is 0 Å². The minimum absolute atomic E-state index is 0.177. The number of hydrogen-bond acceptors (Lipinski definition) is 5. The van der Waals surface area contributed by atoms with Crippen LogP contribution in [0.25, 0.3) is 11.3 Å². The van der Waals surface area contributed by atoms with E-state index in [2.05, 4.69) is 14.7 Å². The molecule has 0 aliphatic carbocycles. The van der Waals surface area contributed by atoms with Gasteiger partial charge in [0, 0.05) is 37.9 Å². The van der Waals surface area contributed by atoms with E-state index in [9.17, 15) is 31.1 Å². The Morgan fingerprint density at radius 2 is 1.60 bits per heavy atom. The maximum absolute atomic E-state index is 13.0. The van der Waals surface area contributed by atoms with E-state index in [1.807, 2.05) is 0 Å². The minimum atomic E-state index is -4.93. The van der Waals surface area contributed by atoms with Gasteiger partial charge < -0.3 is 14.5 Å². The van der Waals surface area contributed by atoms with Crippen LogP contribution in [-0.4, -0.2) is 53.3 Å². The van der Waals surface area contributed by atoms with Crippen LogP contribution >= 0.6 is 0 Å². The van der Waals surface area contributed by atoms with E-state index >= 15 is 0 Å². The highest BCUT2D eigenvalue weighted by molar-refractivity contribution is 5.97. The quantitative estimate of drug-likeness (QED) is 0.475. The monoisotopic (exact) mass is 496 g/mol. The van der Waals surface area contributed by atoms with Gasteiger partial charge in [-0.05, 0) is 30.3 Å². The summed E-state index contributed by atoms with van der Waals surface area (Å²) in [5.74, 6) is -0.916. The summed E-state index contributed by atoms with van der Waals surface area (Å²) in [7, 11) is 0. The van der Waals surface area contributed by atoms with E-state index in [0.29, 0.717) is 5.69 Å². The fraction of sp³-hybridized carbons (Fsp3) is 0.261. The van der Waals surface area contributed by atoms with E-state index in [-0.39, 0.29) is 43.3 Å². The third kappa shape index (κ3) is 5.81. The molecule has 3 aromatic rings. The van der Waals surface area contributed by atoms with E-state index in [0.717, 1.165) is 18.2 Å². The first-order valence-electron chi connectivity index (χ1n) is 10.4. The Balaban J connectivity index is 1.46. The molecule has 2 heterocycles. The van der Waals surface area contributed by atoms with Crippen LogP contribution in [0.3, 0.4) is 0 Å². The molecule has 0 spiro atoms. The molecule has 6 nitrogen and oxygen atoms in total. The summed E-state index contributed by atoms with van der Waals surface area (Å²) in [4.78, 5) is 24.5. The van der Waals surface area contributed by atoms with Crippen LogP contribution in [0, 0.1) is 0 Å². The van der Waals surface area contributed by atoms with Crippen LogP contribution in [0.15, 0.2) is 60.8 Å². The first kappa shape index (κ1) is 24.3. The lowest BCUT2D eigenvalue weighted by atomic mass is 10.1. The number of hydrogen-bond donors (Lipinski definition) is 0. The Labute approximate surface area is 195 Å². The van der Waals surface area contributed by atoms with Gasteiger partial charge in [0.05, 0.1) is 16.8 Å². The van der Waals surface area contributed by atoms with Gasteiger partial charge in [0.2, 0.25) is 5.95 Å². The Bertz CT molecular complexity index is 1210. The van der Waals surface area contributed by atoms with Crippen LogP contribution in [0.4, 0.5) is 32.3 Å². The lowest BCUT2D eigenvalue weighted by Crippen LogP contribution is -2.49. The molecule has 1 fully saturated rings. The van der Waals surface area contributed by atoms with Crippen molar-refractivity contribution in [3.05, 3.63) is 71.9 Å². The zero-order valence-corrected chi connectivity index (χ0v) is 18.0. The maximum atomic E-state index is 13.0. The second-order valence-electron chi connectivity index (χ2n) is 7.64. The minimum Gasteiger partial charge on any atom is -0.405 e. The molecule has 0 N–H and O–H groups in total. The fourth-order valence-electron chi connectivity index (χ4n) is 3.65. The molecule has 0 radical (unpaired) electrons. The average molecular weight is 496 g/mol. The third-order valence-corrected chi connectivity index (χ3v) is 5.32. The largest absolute Gasteiger partial charge is 0.573 e. The maximum Gasteiger partial charge on any atom is 0.573 e. The fourth-order valence-corrected chi connectivity index (χ4v) is 3.65. The molecule has 0 saturated carbocycles. The number of para-hydroxylation sites is 1. The second kappa shape index (κ2) is 9.43. The van der Waals surface area contributed by atoms with Crippen molar-refractivity contribution in [3.63, 3.8) is 0 Å². The summed E-state index contributed by atoms with van der Waals surface area (Å²) in [6.45, 7) is 0.910. The van der Waals surface area contributed by atoms with Gasteiger partial charge in [0.25, 0.3) is 5.91 Å². The van der Waals surface area contributed by atoms with Gasteiger partial charge in [-0.25, -0.2) is 9.97 Å². The molecule has 1 amide bonds. The van der Waals surface area contributed by atoms with E-state index in [1.54, 1.807) is 4.90 Å². The zero-order valence-electron chi connectivity index (χ0n) is 18.0. The summed E-state index contributed by atoms with van der Waals surface area (Å²) in [5.41, 5.74) is -0.422. The standard InChI is InChI=1S/C23H18F6N4O2/c24-22(25,26)16-5-3-4-15(14-16)18-8-9-30-21(31-18)33-12-10-32(11-13-33)20(34)17-6-1-2-7-19(17)35-23(27,28)29/h1-9,14H,10-13H2. The van der Waals surface area contributed by atoms with Gasteiger partial charge in [0.1, 0.15) is 5.75 Å². The van der Waals surface area contributed by atoms with Crippen LogP contribution in [-0.2, 0) is 6.18 Å². The van der Waals surface area contributed by atoms with Crippen LogP contribution in [0.1, 0.15) is 15.9 Å². The van der Waals surface area contributed by atoms with Crippen molar-refractivity contribution < 1.29 is 35.9 Å². The van der Waals surface area contributed by atoms with Crippen LogP contribution in [0.5, 0.6) is 5.75 Å². The molecular weight excluding hydrogens is 478 g/mol. The van der Waals surface area contributed by atoms with Gasteiger partial charge >= 0.3 is 12.5 Å². The molecule has 1 aromatic heterocycles. The molecule has 4 rings (SSSR count). The van der Waals surface area contributed by atoms with Crippen molar-refractivity contribution in [2.24, 2.45) is 0 Å². The predicted octanol–water partition coefficient (Wildman–Crippen LogP) is 5.02. The Hall–Kier alpha value is -3.83. The number of aromatic nitrogens is 2. The average Bonchev–Trinajstić information content (AvgIpc) is 2.83. The van der Waals surface area contributed by atoms with Gasteiger partial charge in [-0.15, -0.1) is 13.2 Å². The number of carbonyl (C=O) groups excluding carboxylic acids is 1. The van der Waals surface area contributed by atoms with Gasteiger partial charge in [-0.3, -0.25) is 4.79 Å². The Morgan fingerprint density at radius 3 is 2.29 bits per heavy atom. The normalized spacial score (nSPS) is 14.7. The van der Waals surface area contributed by atoms with Gasteiger partial charge in [-0.1, -0.05) is 24.3 Å². The number of nitrogens with zero attached hydrogens (tertiary/aromatic N) is 4. The Kier molecular flexibility index (Phi) is 6.55. The molecule has 1 saturated heterocycles. The molecule has 0 atom stereocenters. The molecule has 0 bridgehead atoms. The SMILES string of the molecule is O=C(c1ccccc1OC(F)(F)F)N1CCN(c2nccc(-c3cccc(C(F)(F)F)c3)n2)CC1. The topological polar surface area (TPSA) is 58.6 Å². The molecule has 1 aliphatic rings. The number of halogens is 6. The summed E-state index contributed by atoms with van der Waals surface area (Å²) >= 11 is 0. The highest BCUT2D eigenvalue weighted by Crippen LogP contribution is 2.32. The van der Waals surface area contributed by atoms with Crippen LogP contribution in [0.2, 0.25) is 0 Å². The van der Waals surface area contributed by atoms with Crippen molar-refractivity contribution in [3.8, 4) is 17.0 Å². The van der Waals surface area contributed by atoms with Gasteiger partial charge in [-0.2, -0.15) is 13.2 Å². The molecule has 1 aliphatic heterocycles. The highest BCUT2D eigenvalue weighted by atomic mass is 19.4. The van der Waals surface area contributed by atoms with E-state index < -0.39 is 29.8 Å². The molecule has 184 valence electrons. The van der Waals surface area contributed by atoms with Crippen LogP contribution < -0.4 is 9.64 Å². The number of anilines is 1. The molecule has 12 heteroatoms. The predicted molar refractivity (Wildman–Crippen MR) is 114 cm³/mol. The lowest BCUT2D eigenvalue weighted by Gasteiger charge is -2.35. The number of amides is 1. The van der Waals surface area contributed by atoms with Crippen molar-refractivity contribution in [1.82, 2.24) is 14.9 Å². The van der Waals surface area contributed by atoms with E-state index in [4.69, 9.17) is 0 Å². The van der Waals surface area contributed by atoms with Crippen molar-refractivity contribution >= 4 is 11.9 Å². The Morgan fingerprint density at radius 1 is 0.886 bits per heavy atom. The summed E-state index contributed by atoms with van der Waals surface area (Å²) in [6.07, 6.45) is -7.99. The smallest absolute Gasteiger partial charge is 0.405 e. The summed E-state index contributed by atoms with van der Waals surface area (Å²) < 4.78 is 81.1. The number of alkyl halides is 6. The second-order valence-corrected chi connectivity index (χ2v) is 7.64. The zero-order chi connectivity index (χ0) is 25.2. The lowest BCUT2D eigenvalue weighted by molar-refractivity contribution is -0.274. The first-order chi connectivity index (χ1) is 16.5. The third-order valence-electron chi connectivity index (χ3n) is 5.32. The molecular formula is C23H18F6N4O2. The molecule has 0 unspecified atom stereocenters. The number of ether oxygens (including phenoxy) is 1. The summed E-state index contributed by atoms with van der Waals surface area (Å²) in [5, 5.41) is 0. The summed E-state index contributed by atoms with van der Waals surface area (Å²) in [6, 6.07) is 11.4. The molecule has 2 aromatic carbocycles. The molecule has 35 heavy (non-hydrogen) atoms. The van der Waals surface area contributed by atoms with Crippen molar-refractivity contribution in [2.45, 2.75) is 12.5 Å². The number of carbonyl (C=O) groups is 1. The first-order valence-corrected chi connectivity index (χ1v) is 10.4.